The smallest absolute Gasteiger partial charge is 0.0727 e. The summed E-state index contributed by atoms with van der Waals surface area (Å²) in [7, 11) is 0. The molecular formula is C26H29Cl2P. The van der Waals surface area contributed by atoms with E-state index in [1.807, 2.05) is 0 Å². The number of benzene rings is 3. The van der Waals surface area contributed by atoms with E-state index in [0.717, 1.165) is 27.6 Å². The first-order chi connectivity index (χ1) is 13.5. The fourth-order valence-electron chi connectivity index (χ4n) is 3.49. The standard InChI is InChI=1S/C26H29Cl2P/c1-25(2,3)20-14-10-18(11-15-20)22-8-7-9-23(24(22)29(27)28)19-12-16-21(17-13-19)26(4,5)6/h7-17H,1-6H3. The zero-order valence-corrected chi connectivity index (χ0v) is 20.5. The minimum atomic E-state index is -1.30. The van der Waals surface area contributed by atoms with Crippen LogP contribution in [-0.4, -0.2) is 0 Å². The first kappa shape index (κ1) is 22.4. The van der Waals surface area contributed by atoms with Crippen molar-refractivity contribution in [2.24, 2.45) is 0 Å². The highest BCUT2D eigenvalue weighted by atomic mass is 35.9. The molecule has 0 atom stereocenters. The Bertz CT molecular complexity index is 897. The summed E-state index contributed by atoms with van der Waals surface area (Å²) in [6.07, 6.45) is 0. The lowest BCUT2D eigenvalue weighted by Crippen LogP contribution is -2.11. The van der Waals surface area contributed by atoms with Gasteiger partial charge in [0.05, 0.1) is 0 Å². The molecule has 29 heavy (non-hydrogen) atoms. The molecule has 0 fully saturated rings. The molecule has 0 nitrogen and oxygen atoms in total. The molecule has 0 aromatic heterocycles. The van der Waals surface area contributed by atoms with Gasteiger partial charge in [0.25, 0.3) is 0 Å². The second-order valence-electron chi connectivity index (χ2n) is 9.59. The predicted molar refractivity (Wildman–Crippen MR) is 133 cm³/mol. The van der Waals surface area contributed by atoms with Crippen LogP contribution < -0.4 is 5.30 Å². The Hall–Kier alpha value is -1.33. The van der Waals surface area contributed by atoms with Crippen LogP contribution >= 0.6 is 29.1 Å². The van der Waals surface area contributed by atoms with E-state index in [4.69, 9.17) is 22.5 Å². The third-order valence-electron chi connectivity index (χ3n) is 5.33. The normalized spacial score (nSPS) is 12.4. The maximum atomic E-state index is 6.55. The lowest BCUT2D eigenvalue weighted by Gasteiger charge is -2.21. The highest BCUT2D eigenvalue weighted by Crippen LogP contribution is 2.50. The molecule has 0 N–H and O–H groups in total. The second kappa shape index (κ2) is 8.43. The fraction of sp³-hybridized carbons (Fsp3) is 0.308. The van der Waals surface area contributed by atoms with Gasteiger partial charge < -0.3 is 0 Å². The van der Waals surface area contributed by atoms with Crippen LogP contribution in [0.1, 0.15) is 52.7 Å². The van der Waals surface area contributed by atoms with Crippen LogP contribution in [0.3, 0.4) is 0 Å². The van der Waals surface area contributed by atoms with Crippen LogP contribution in [0.25, 0.3) is 22.3 Å². The maximum absolute atomic E-state index is 6.55. The van der Waals surface area contributed by atoms with Crippen LogP contribution in [0, 0.1) is 0 Å². The van der Waals surface area contributed by atoms with Crippen LogP contribution in [0.4, 0.5) is 0 Å². The minimum absolute atomic E-state index is 0.129. The molecule has 3 aromatic rings. The number of hydrogen-bond donors (Lipinski definition) is 0. The quantitative estimate of drug-likeness (QED) is 0.354. The van der Waals surface area contributed by atoms with Crippen LogP contribution in [0.2, 0.25) is 0 Å². The molecule has 0 radical (unpaired) electrons. The fourth-order valence-corrected chi connectivity index (χ4v) is 5.36. The Balaban J connectivity index is 2.10. The van der Waals surface area contributed by atoms with Gasteiger partial charge in [0.15, 0.2) is 0 Å². The van der Waals surface area contributed by atoms with Gasteiger partial charge in [-0.3, -0.25) is 0 Å². The van der Waals surface area contributed by atoms with Crippen molar-refractivity contribution < 1.29 is 0 Å². The van der Waals surface area contributed by atoms with Gasteiger partial charge in [-0.15, -0.1) is 0 Å². The van der Waals surface area contributed by atoms with Crippen molar-refractivity contribution in [2.45, 2.75) is 52.4 Å². The van der Waals surface area contributed by atoms with E-state index in [1.54, 1.807) is 0 Å². The largest absolute Gasteiger partial charge is 0.118 e. The van der Waals surface area contributed by atoms with Crippen molar-refractivity contribution in [3.8, 4) is 22.3 Å². The highest BCUT2D eigenvalue weighted by molar-refractivity contribution is 8.09. The van der Waals surface area contributed by atoms with E-state index < -0.39 is 6.63 Å². The molecule has 3 rings (SSSR count). The van der Waals surface area contributed by atoms with Crippen molar-refractivity contribution in [3.63, 3.8) is 0 Å². The van der Waals surface area contributed by atoms with Gasteiger partial charge >= 0.3 is 0 Å². The molecular weight excluding hydrogens is 414 g/mol. The summed E-state index contributed by atoms with van der Waals surface area (Å²) < 4.78 is 0. The van der Waals surface area contributed by atoms with Crippen molar-refractivity contribution in [2.75, 3.05) is 0 Å². The molecule has 0 aliphatic carbocycles. The van der Waals surface area contributed by atoms with Gasteiger partial charge in [-0.25, -0.2) is 0 Å². The summed E-state index contributed by atoms with van der Waals surface area (Å²) in [6, 6.07) is 23.9. The predicted octanol–water partition coefficient (Wildman–Crippen LogP) is 9.03. The Morgan fingerprint density at radius 1 is 0.552 bits per heavy atom. The highest BCUT2D eigenvalue weighted by Gasteiger charge is 2.20. The van der Waals surface area contributed by atoms with Gasteiger partial charge in [0.1, 0.15) is 6.63 Å². The van der Waals surface area contributed by atoms with Gasteiger partial charge in [0.2, 0.25) is 0 Å². The summed E-state index contributed by atoms with van der Waals surface area (Å²) in [5, 5.41) is 1.03. The lowest BCUT2D eigenvalue weighted by molar-refractivity contribution is 0.590. The molecule has 152 valence electrons. The van der Waals surface area contributed by atoms with Crippen LogP contribution in [0.15, 0.2) is 66.7 Å². The molecule has 3 heteroatoms. The third kappa shape index (κ3) is 5.05. The van der Waals surface area contributed by atoms with Gasteiger partial charge in [-0.1, -0.05) is 131 Å². The average Bonchev–Trinajstić information content (AvgIpc) is 2.66. The molecule has 0 aliphatic heterocycles. The van der Waals surface area contributed by atoms with E-state index in [2.05, 4.69) is 108 Å². The Kier molecular flexibility index (Phi) is 6.50. The van der Waals surface area contributed by atoms with Crippen LogP contribution in [-0.2, 0) is 10.8 Å². The molecule has 0 spiro atoms. The summed E-state index contributed by atoms with van der Waals surface area (Å²) in [5.41, 5.74) is 7.40. The molecule has 0 unspecified atom stereocenters. The first-order valence-corrected chi connectivity index (χ1v) is 13.1. The second-order valence-corrected chi connectivity index (χ2v) is 13.0. The SMILES string of the molecule is CC(C)(C)c1ccc(-c2cccc(-c3ccc(C(C)(C)C)cc3)c2P(Cl)Cl)cc1. The number of rotatable bonds is 3. The average molecular weight is 443 g/mol. The Labute approximate surface area is 186 Å². The van der Waals surface area contributed by atoms with Crippen molar-refractivity contribution in [1.29, 1.82) is 0 Å². The lowest BCUT2D eigenvalue weighted by atomic mass is 9.85. The van der Waals surface area contributed by atoms with Crippen LogP contribution in [0.5, 0.6) is 0 Å². The minimum Gasteiger partial charge on any atom is -0.0727 e. The Morgan fingerprint density at radius 3 is 1.17 bits per heavy atom. The Morgan fingerprint density at radius 2 is 0.897 bits per heavy atom. The molecule has 0 bridgehead atoms. The molecule has 0 saturated carbocycles. The van der Waals surface area contributed by atoms with Gasteiger partial charge in [-0.2, -0.15) is 0 Å². The number of hydrogen-bond acceptors (Lipinski definition) is 0. The summed E-state index contributed by atoms with van der Waals surface area (Å²) in [4.78, 5) is 0. The molecule has 0 amide bonds. The van der Waals surface area contributed by atoms with E-state index in [9.17, 15) is 0 Å². The summed E-state index contributed by atoms with van der Waals surface area (Å²) >= 11 is 13.1. The monoisotopic (exact) mass is 442 g/mol. The summed E-state index contributed by atoms with van der Waals surface area (Å²) in [6.45, 7) is 12.1. The van der Waals surface area contributed by atoms with Crippen molar-refractivity contribution in [1.82, 2.24) is 0 Å². The summed E-state index contributed by atoms with van der Waals surface area (Å²) in [5.74, 6) is 0. The van der Waals surface area contributed by atoms with E-state index in [1.165, 1.54) is 11.1 Å². The topological polar surface area (TPSA) is 0 Å². The van der Waals surface area contributed by atoms with E-state index in [0.29, 0.717) is 0 Å². The number of halogens is 2. The first-order valence-electron chi connectivity index (χ1n) is 9.95. The zero-order valence-electron chi connectivity index (χ0n) is 18.1. The zero-order chi connectivity index (χ0) is 21.4. The van der Waals surface area contributed by atoms with E-state index in [-0.39, 0.29) is 10.8 Å². The maximum Gasteiger partial charge on any atom is 0.118 e. The van der Waals surface area contributed by atoms with Crippen molar-refractivity contribution >= 4 is 34.4 Å². The van der Waals surface area contributed by atoms with Crippen molar-refractivity contribution in [3.05, 3.63) is 77.9 Å². The third-order valence-corrected chi connectivity index (χ3v) is 7.16. The molecule has 3 aromatic carbocycles. The van der Waals surface area contributed by atoms with E-state index >= 15 is 0 Å². The molecule has 0 saturated heterocycles. The molecule has 0 heterocycles. The van der Waals surface area contributed by atoms with Gasteiger partial charge in [0, 0.05) is 5.30 Å². The molecule has 0 aliphatic rings. The van der Waals surface area contributed by atoms with Gasteiger partial charge in [-0.05, 0) is 44.2 Å².